The Labute approximate surface area is 136 Å². The number of rotatable bonds is 3. The third kappa shape index (κ3) is 2.16. The summed E-state index contributed by atoms with van der Waals surface area (Å²) in [4.78, 5) is 23.7. The molecule has 0 unspecified atom stereocenters. The van der Waals surface area contributed by atoms with E-state index >= 15 is 0 Å². The van der Waals surface area contributed by atoms with Crippen LogP contribution in [0.4, 0.5) is 0 Å². The SMILES string of the molecule is O=C(O)Cn1nc(-c2ccccc2)n2c(cc3ccccc32)c1=O. The Bertz CT molecular complexity index is 1130. The van der Waals surface area contributed by atoms with E-state index in [1.54, 1.807) is 10.5 Å². The maximum Gasteiger partial charge on any atom is 0.325 e. The first-order valence-electron chi connectivity index (χ1n) is 7.44. The van der Waals surface area contributed by atoms with E-state index in [-0.39, 0.29) is 0 Å². The van der Waals surface area contributed by atoms with Gasteiger partial charge in [0.15, 0.2) is 5.82 Å². The number of hydrogen-bond donors (Lipinski definition) is 1. The molecule has 1 N–H and O–H groups in total. The zero-order valence-electron chi connectivity index (χ0n) is 12.6. The molecule has 0 aliphatic rings. The minimum Gasteiger partial charge on any atom is -0.480 e. The van der Waals surface area contributed by atoms with Crippen LogP contribution in [0.3, 0.4) is 0 Å². The van der Waals surface area contributed by atoms with Crippen LogP contribution in [0.1, 0.15) is 0 Å². The highest BCUT2D eigenvalue weighted by Crippen LogP contribution is 2.24. The second kappa shape index (κ2) is 5.34. The van der Waals surface area contributed by atoms with Crippen LogP contribution < -0.4 is 5.56 Å². The summed E-state index contributed by atoms with van der Waals surface area (Å²) < 4.78 is 2.78. The zero-order chi connectivity index (χ0) is 16.7. The van der Waals surface area contributed by atoms with Crippen molar-refractivity contribution in [2.75, 3.05) is 0 Å². The van der Waals surface area contributed by atoms with Crippen molar-refractivity contribution < 1.29 is 9.90 Å². The van der Waals surface area contributed by atoms with Crippen molar-refractivity contribution in [2.45, 2.75) is 6.54 Å². The van der Waals surface area contributed by atoms with Gasteiger partial charge in [0.2, 0.25) is 0 Å². The summed E-state index contributed by atoms with van der Waals surface area (Å²) in [5, 5.41) is 14.3. The number of carboxylic acids is 1. The Morgan fingerprint density at radius 3 is 2.46 bits per heavy atom. The predicted molar refractivity (Wildman–Crippen MR) is 90.0 cm³/mol. The Hall–Kier alpha value is -3.41. The van der Waals surface area contributed by atoms with Gasteiger partial charge in [0.1, 0.15) is 12.1 Å². The maximum absolute atomic E-state index is 12.6. The van der Waals surface area contributed by atoms with Crippen LogP contribution in [0, 0.1) is 0 Å². The van der Waals surface area contributed by atoms with Gasteiger partial charge in [-0.25, -0.2) is 4.68 Å². The number of aliphatic carboxylic acids is 1. The molecule has 2 aromatic heterocycles. The highest BCUT2D eigenvalue weighted by Gasteiger charge is 2.16. The number of carboxylic acid groups (broad SMARTS) is 1. The van der Waals surface area contributed by atoms with Crippen LogP contribution in [0.15, 0.2) is 65.5 Å². The van der Waals surface area contributed by atoms with E-state index < -0.39 is 18.1 Å². The van der Waals surface area contributed by atoms with E-state index in [4.69, 9.17) is 5.11 Å². The van der Waals surface area contributed by atoms with Gasteiger partial charge in [-0.15, -0.1) is 5.10 Å². The van der Waals surface area contributed by atoms with Gasteiger partial charge >= 0.3 is 5.97 Å². The molecule has 2 heterocycles. The summed E-state index contributed by atoms with van der Waals surface area (Å²) >= 11 is 0. The number of hydrogen-bond acceptors (Lipinski definition) is 3. The van der Waals surface area contributed by atoms with E-state index in [1.807, 2.05) is 54.6 Å². The quantitative estimate of drug-likeness (QED) is 0.629. The molecule has 0 saturated carbocycles. The minimum absolute atomic E-state index is 0.409. The van der Waals surface area contributed by atoms with E-state index in [0.29, 0.717) is 11.3 Å². The van der Waals surface area contributed by atoms with Crippen LogP contribution >= 0.6 is 0 Å². The maximum atomic E-state index is 12.6. The van der Waals surface area contributed by atoms with Gasteiger partial charge in [-0.3, -0.25) is 14.0 Å². The third-order valence-electron chi connectivity index (χ3n) is 3.91. The first-order chi connectivity index (χ1) is 11.6. The summed E-state index contributed by atoms with van der Waals surface area (Å²) in [6.07, 6.45) is 0. The standard InChI is InChI=1S/C18H13N3O3/c22-16(23)11-20-18(24)15-10-13-8-4-5-9-14(13)21(15)17(19-20)12-6-2-1-3-7-12/h1-10H,11H2,(H,22,23). The molecule has 0 amide bonds. The molecular weight excluding hydrogens is 306 g/mol. The summed E-state index contributed by atoms with van der Waals surface area (Å²) in [5.41, 5.74) is 1.65. The molecule has 118 valence electrons. The Balaban J connectivity index is 2.17. The Kier molecular flexibility index (Phi) is 3.16. The van der Waals surface area contributed by atoms with Crippen molar-refractivity contribution in [1.29, 1.82) is 0 Å². The molecule has 6 nitrogen and oxygen atoms in total. The highest BCUT2D eigenvalue weighted by molar-refractivity contribution is 5.88. The molecule has 0 aliphatic carbocycles. The van der Waals surface area contributed by atoms with Gasteiger partial charge in [0, 0.05) is 10.9 Å². The normalized spacial score (nSPS) is 11.2. The van der Waals surface area contributed by atoms with Gasteiger partial charge in [0.25, 0.3) is 5.56 Å². The van der Waals surface area contributed by atoms with Crippen molar-refractivity contribution in [3.05, 3.63) is 71.0 Å². The molecule has 24 heavy (non-hydrogen) atoms. The number of carbonyl (C=O) groups is 1. The van der Waals surface area contributed by atoms with Gasteiger partial charge in [0.05, 0.1) is 5.52 Å². The fourth-order valence-electron chi connectivity index (χ4n) is 2.89. The molecule has 4 aromatic rings. The summed E-state index contributed by atoms with van der Waals surface area (Å²) in [5.74, 6) is -0.572. The largest absolute Gasteiger partial charge is 0.480 e. The van der Waals surface area contributed by atoms with Gasteiger partial charge in [-0.05, 0) is 12.1 Å². The molecule has 2 aromatic carbocycles. The Morgan fingerprint density at radius 2 is 1.71 bits per heavy atom. The lowest BCUT2D eigenvalue weighted by atomic mass is 10.2. The van der Waals surface area contributed by atoms with E-state index in [2.05, 4.69) is 5.10 Å². The number of aromatic nitrogens is 3. The molecule has 0 atom stereocenters. The van der Waals surface area contributed by atoms with Crippen LogP contribution in [0.25, 0.3) is 27.8 Å². The molecular formula is C18H13N3O3. The number of nitrogens with zero attached hydrogens (tertiary/aromatic N) is 3. The van der Waals surface area contributed by atoms with E-state index in [1.165, 1.54) is 0 Å². The van der Waals surface area contributed by atoms with Crippen molar-refractivity contribution in [3.63, 3.8) is 0 Å². The second-order valence-corrected chi connectivity index (χ2v) is 5.47. The lowest BCUT2D eigenvalue weighted by molar-refractivity contribution is -0.137. The van der Waals surface area contributed by atoms with E-state index in [0.717, 1.165) is 21.1 Å². The third-order valence-corrected chi connectivity index (χ3v) is 3.91. The summed E-state index contributed by atoms with van der Waals surface area (Å²) in [7, 11) is 0. The highest BCUT2D eigenvalue weighted by atomic mass is 16.4. The van der Waals surface area contributed by atoms with Gasteiger partial charge < -0.3 is 5.11 Å². The summed E-state index contributed by atoms with van der Waals surface area (Å²) in [6, 6.07) is 18.8. The molecule has 0 bridgehead atoms. The average molecular weight is 319 g/mol. The first-order valence-corrected chi connectivity index (χ1v) is 7.44. The summed E-state index contributed by atoms with van der Waals surface area (Å²) in [6.45, 7) is -0.476. The molecule has 6 heteroatoms. The number of benzene rings is 2. The molecule has 0 fully saturated rings. The number of para-hydroxylation sites is 1. The van der Waals surface area contributed by atoms with Crippen LogP contribution in [-0.2, 0) is 11.3 Å². The molecule has 0 aliphatic heterocycles. The first kappa shape index (κ1) is 14.2. The fraction of sp³-hybridized carbons (Fsp3) is 0.0556. The molecule has 0 radical (unpaired) electrons. The second-order valence-electron chi connectivity index (χ2n) is 5.47. The zero-order valence-corrected chi connectivity index (χ0v) is 12.6. The van der Waals surface area contributed by atoms with E-state index in [9.17, 15) is 9.59 Å². The van der Waals surface area contributed by atoms with Crippen LogP contribution in [0.2, 0.25) is 0 Å². The molecule has 4 rings (SSSR count). The average Bonchev–Trinajstić information content (AvgIpc) is 2.98. The molecule has 0 spiro atoms. The smallest absolute Gasteiger partial charge is 0.325 e. The molecule has 0 saturated heterocycles. The number of fused-ring (bicyclic) bond motifs is 3. The minimum atomic E-state index is -1.11. The topological polar surface area (TPSA) is 76.6 Å². The van der Waals surface area contributed by atoms with Crippen molar-refractivity contribution in [2.24, 2.45) is 0 Å². The van der Waals surface area contributed by atoms with Gasteiger partial charge in [-0.2, -0.15) is 0 Å². The predicted octanol–water partition coefficient (Wildman–Crippen LogP) is 2.40. The van der Waals surface area contributed by atoms with Gasteiger partial charge in [-0.1, -0.05) is 48.5 Å². The lowest BCUT2D eigenvalue weighted by Gasteiger charge is -2.10. The van der Waals surface area contributed by atoms with Crippen molar-refractivity contribution in [3.8, 4) is 11.4 Å². The lowest BCUT2D eigenvalue weighted by Crippen LogP contribution is -2.28. The van der Waals surface area contributed by atoms with Crippen molar-refractivity contribution in [1.82, 2.24) is 14.2 Å². The fourth-order valence-corrected chi connectivity index (χ4v) is 2.89. The van der Waals surface area contributed by atoms with Crippen LogP contribution in [0.5, 0.6) is 0 Å². The monoisotopic (exact) mass is 319 g/mol. The van der Waals surface area contributed by atoms with Crippen LogP contribution in [-0.4, -0.2) is 25.3 Å². The Morgan fingerprint density at radius 1 is 1.00 bits per heavy atom. The van der Waals surface area contributed by atoms with Crippen molar-refractivity contribution >= 4 is 22.4 Å².